The van der Waals surface area contributed by atoms with Gasteiger partial charge in [-0.1, -0.05) is 64.0 Å². The molecule has 0 aliphatic carbocycles. The average Bonchev–Trinajstić information content (AvgIpc) is 2.66. The van der Waals surface area contributed by atoms with E-state index in [4.69, 9.17) is 9.47 Å². The van der Waals surface area contributed by atoms with Crippen molar-refractivity contribution in [2.75, 3.05) is 13.2 Å². The van der Waals surface area contributed by atoms with Crippen LogP contribution in [0.1, 0.15) is 111 Å². The van der Waals surface area contributed by atoms with E-state index in [2.05, 4.69) is 19.1 Å². The number of esters is 1. The topological polar surface area (TPSA) is 55.8 Å². The molecular weight excluding hydrogens is 352 g/mol. The number of ether oxygens (including phenoxy) is 2. The Kier molecular flexibility index (Phi) is 20.2. The molecule has 0 heterocycles. The van der Waals surface area contributed by atoms with Gasteiger partial charge in [-0.15, -0.1) is 0 Å². The smallest absolute Gasteiger partial charge is 0.305 e. The lowest BCUT2D eigenvalue weighted by Gasteiger charge is -2.08. The van der Waals surface area contributed by atoms with Crippen LogP contribution in [0.5, 0.6) is 0 Å². The Balaban J connectivity index is 3.32. The van der Waals surface area contributed by atoms with Crippen LogP contribution in [0.15, 0.2) is 12.2 Å². The van der Waals surface area contributed by atoms with Gasteiger partial charge in [0.15, 0.2) is 0 Å². The number of allylic oxidation sites excluding steroid dienone is 1. The minimum Gasteiger partial charge on any atom is -0.466 e. The number of carbonyl (C=O) groups excluding carboxylic acids is 1. The lowest BCUT2D eigenvalue weighted by atomic mass is 10.1. The predicted molar refractivity (Wildman–Crippen MR) is 118 cm³/mol. The predicted octanol–water partition coefficient (Wildman–Crippen LogP) is 6.35. The van der Waals surface area contributed by atoms with Gasteiger partial charge in [0.2, 0.25) is 0 Å². The van der Waals surface area contributed by atoms with Gasteiger partial charge in [0, 0.05) is 12.8 Å². The molecular formula is C24H46O4. The van der Waals surface area contributed by atoms with Crippen molar-refractivity contribution >= 4 is 5.97 Å². The number of carbonyl (C=O) groups is 1. The quantitative estimate of drug-likeness (QED) is 0.147. The maximum atomic E-state index is 11.6. The van der Waals surface area contributed by atoms with Crippen LogP contribution in [0.3, 0.4) is 0 Å². The summed E-state index contributed by atoms with van der Waals surface area (Å²) in [5.41, 5.74) is 0. The molecule has 0 amide bonds. The van der Waals surface area contributed by atoms with E-state index in [-0.39, 0.29) is 18.2 Å². The van der Waals surface area contributed by atoms with Crippen LogP contribution in [-0.2, 0) is 14.3 Å². The molecule has 0 saturated carbocycles. The molecule has 4 nitrogen and oxygen atoms in total. The van der Waals surface area contributed by atoms with Crippen molar-refractivity contribution in [2.45, 2.75) is 123 Å². The number of hydrogen-bond donors (Lipinski definition) is 1. The van der Waals surface area contributed by atoms with Crippen molar-refractivity contribution in [3.05, 3.63) is 12.2 Å². The van der Waals surface area contributed by atoms with Crippen LogP contribution in [-0.4, -0.2) is 36.5 Å². The molecule has 0 aromatic heterocycles. The molecule has 0 spiro atoms. The third-order valence-corrected chi connectivity index (χ3v) is 4.72. The molecule has 1 atom stereocenters. The molecule has 0 rings (SSSR count). The van der Waals surface area contributed by atoms with Gasteiger partial charge in [0.25, 0.3) is 0 Å². The molecule has 28 heavy (non-hydrogen) atoms. The summed E-state index contributed by atoms with van der Waals surface area (Å²) < 4.78 is 10.6. The van der Waals surface area contributed by atoms with Gasteiger partial charge in [0.1, 0.15) is 0 Å². The second-order valence-corrected chi connectivity index (χ2v) is 8.01. The number of aliphatic hydroxyl groups is 1. The first kappa shape index (κ1) is 27.1. The molecule has 0 aromatic carbocycles. The summed E-state index contributed by atoms with van der Waals surface area (Å²) in [5, 5.41) is 9.90. The molecule has 0 aliphatic rings. The molecule has 0 bridgehead atoms. The molecule has 0 unspecified atom stereocenters. The summed E-state index contributed by atoms with van der Waals surface area (Å²) in [6.07, 6.45) is 19.0. The fourth-order valence-electron chi connectivity index (χ4n) is 2.99. The minimum atomic E-state index is -0.171. The first-order valence-electron chi connectivity index (χ1n) is 11.7. The summed E-state index contributed by atoms with van der Waals surface area (Å²) in [4.78, 5) is 11.6. The molecule has 0 aliphatic heterocycles. The van der Waals surface area contributed by atoms with Crippen molar-refractivity contribution in [1.82, 2.24) is 0 Å². The second kappa shape index (κ2) is 20.9. The first-order valence-corrected chi connectivity index (χ1v) is 11.7. The van der Waals surface area contributed by atoms with Crippen molar-refractivity contribution in [2.24, 2.45) is 0 Å². The Morgan fingerprint density at radius 3 is 2.36 bits per heavy atom. The van der Waals surface area contributed by atoms with Crippen molar-refractivity contribution in [1.29, 1.82) is 0 Å². The molecule has 0 radical (unpaired) electrons. The van der Waals surface area contributed by atoms with Gasteiger partial charge in [0.05, 0.1) is 25.4 Å². The zero-order valence-electron chi connectivity index (χ0n) is 18.8. The van der Waals surface area contributed by atoms with Crippen LogP contribution < -0.4 is 0 Å². The Hall–Kier alpha value is -0.870. The van der Waals surface area contributed by atoms with Crippen molar-refractivity contribution in [3.8, 4) is 0 Å². The maximum Gasteiger partial charge on any atom is 0.305 e. The van der Waals surface area contributed by atoms with Crippen molar-refractivity contribution in [3.63, 3.8) is 0 Å². The zero-order valence-corrected chi connectivity index (χ0v) is 18.8. The van der Waals surface area contributed by atoms with Gasteiger partial charge < -0.3 is 14.6 Å². The van der Waals surface area contributed by atoms with E-state index in [1.807, 2.05) is 13.8 Å². The van der Waals surface area contributed by atoms with Gasteiger partial charge in [-0.05, 0) is 46.0 Å². The van der Waals surface area contributed by atoms with E-state index >= 15 is 0 Å². The number of rotatable bonds is 20. The lowest BCUT2D eigenvalue weighted by Crippen LogP contribution is -2.10. The number of hydrogen-bond acceptors (Lipinski definition) is 4. The van der Waals surface area contributed by atoms with Crippen LogP contribution in [0.2, 0.25) is 0 Å². The van der Waals surface area contributed by atoms with Gasteiger partial charge in [-0.3, -0.25) is 4.79 Å². The van der Waals surface area contributed by atoms with E-state index in [0.717, 1.165) is 44.9 Å². The standard InChI is InChI=1S/C24H46O4/c1-4-5-6-13-17-23(25)18-14-11-9-7-8-10-12-15-19-24(26)28-21-16-20-27-22(2)3/h11,14,22-23,25H,4-10,12-13,15-21H2,1-3H3/t23-/m1/s1. The molecule has 4 heteroatoms. The highest BCUT2D eigenvalue weighted by Gasteiger charge is 2.03. The van der Waals surface area contributed by atoms with E-state index < -0.39 is 0 Å². The Labute approximate surface area is 174 Å². The summed E-state index contributed by atoms with van der Waals surface area (Å²) in [5.74, 6) is -0.0827. The summed E-state index contributed by atoms with van der Waals surface area (Å²) in [7, 11) is 0. The first-order chi connectivity index (χ1) is 13.6. The number of unbranched alkanes of at least 4 members (excludes halogenated alkanes) is 8. The fourth-order valence-corrected chi connectivity index (χ4v) is 2.99. The van der Waals surface area contributed by atoms with Crippen LogP contribution in [0.4, 0.5) is 0 Å². The average molecular weight is 399 g/mol. The van der Waals surface area contributed by atoms with E-state index in [1.165, 1.54) is 38.5 Å². The maximum absolute atomic E-state index is 11.6. The Morgan fingerprint density at radius 1 is 0.893 bits per heavy atom. The van der Waals surface area contributed by atoms with Crippen molar-refractivity contribution < 1.29 is 19.4 Å². The third kappa shape index (κ3) is 21.4. The third-order valence-electron chi connectivity index (χ3n) is 4.72. The lowest BCUT2D eigenvalue weighted by molar-refractivity contribution is -0.144. The zero-order chi connectivity index (χ0) is 20.9. The number of aliphatic hydroxyl groups excluding tert-OH is 1. The highest BCUT2D eigenvalue weighted by Crippen LogP contribution is 2.10. The molecule has 0 saturated heterocycles. The molecule has 166 valence electrons. The Morgan fingerprint density at radius 2 is 1.61 bits per heavy atom. The van der Waals surface area contributed by atoms with E-state index in [9.17, 15) is 9.90 Å². The van der Waals surface area contributed by atoms with Gasteiger partial charge in [-0.2, -0.15) is 0 Å². The molecule has 0 fully saturated rings. The second-order valence-electron chi connectivity index (χ2n) is 8.01. The van der Waals surface area contributed by atoms with E-state index in [1.54, 1.807) is 0 Å². The molecule has 1 N–H and O–H groups in total. The summed E-state index contributed by atoms with van der Waals surface area (Å²) in [6, 6.07) is 0. The fraction of sp³-hybridized carbons (Fsp3) is 0.875. The summed E-state index contributed by atoms with van der Waals surface area (Å²) in [6.45, 7) is 7.33. The van der Waals surface area contributed by atoms with Gasteiger partial charge in [-0.25, -0.2) is 0 Å². The van der Waals surface area contributed by atoms with Crippen LogP contribution in [0.25, 0.3) is 0 Å². The largest absolute Gasteiger partial charge is 0.466 e. The van der Waals surface area contributed by atoms with E-state index in [0.29, 0.717) is 19.6 Å². The highest BCUT2D eigenvalue weighted by molar-refractivity contribution is 5.69. The Bertz CT molecular complexity index is 366. The minimum absolute atomic E-state index is 0.0827. The summed E-state index contributed by atoms with van der Waals surface area (Å²) >= 11 is 0. The highest BCUT2D eigenvalue weighted by atomic mass is 16.5. The normalized spacial score (nSPS) is 12.8. The van der Waals surface area contributed by atoms with Gasteiger partial charge >= 0.3 is 5.97 Å². The SMILES string of the molecule is CCCCCC[C@@H](O)CC=CCCCCCCCC(=O)OCCCOC(C)C. The van der Waals surface area contributed by atoms with Crippen LogP contribution >= 0.6 is 0 Å². The van der Waals surface area contributed by atoms with Crippen LogP contribution in [0, 0.1) is 0 Å². The monoisotopic (exact) mass is 398 g/mol. The molecule has 0 aromatic rings.